The predicted octanol–water partition coefficient (Wildman–Crippen LogP) is 4.45. The Morgan fingerprint density at radius 2 is 2.00 bits per heavy atom. The molecule has 112 valence electrons. The summed E-state index contributed by atoms with van der Waals surface area (Å²) in [6.45, 7) is 0.727. The smallest absolute Gasteiger partial charge is 0.0934 e. The number of rotatable bonds is 3. The molecule has 20 heavy (non-hydrogen) atoms. The molecule has 0 aromatic carbocycles. The van der Waals surface area contributed by atoms with Gasteiger partial charge in [0.05, 0.1) is 9.94 Å². The molecule has 1 atom stereocenters. The van der Waals surface area contributed by atoms with Crippen LogP contribution < -0.4 is 5.32 Å². The first-order valence-electron chi connectivity index (χ1n) is 7.90. The summed E-state index contributed by atoms with van der Waals surface area (Å²) in [7, 11) is 0. The van der Waals surface area contributed by atoms with E-state index < -0.39 is 5.60 Å². The van der Waals surface area contributed by atoms with Gasteiger partial charge in [0.2, 0.25) is 0 Å². The Kier molecular flexibility index (Phi) is 4.71. The highest BCUT2D eigenvalue weighted by molar-refractivity contribution is 7.16. The van der Waals surface area contributed by atoms with Gasteiger partial charge in [0.15, 0.2) is 0 Å². The molecule has 4 heteroatoms. The highest BCUT2D eigenvalue weighted by Crippen LogP contribution is 2.38. The van der Waals surface area contributed by atoms with Crippen LogP contribution in [0.3, 0.4) is 0 Å². The van der Waals surface area contributed by atoms with Gasteiger partial charge >= 0.3 is 0 Å². The van der Waals surface area contributed by atoms with Crippen LogP contribution in [0.1, 0.15) is 67.8 Å². The van der Waals surface area contributed by atoms with Gasteiger partial charge in [-0.2, -0.15) is 0 Å². The molecule has 1 unspecified atom stereocenters. The first kappa shape index (κ1) is 14.8. The van der Waals surface area contributed by atoms with E-state index in [1.54, 1.807) is 11.3 Å². The third-order valence-corrected chi connectivity index (χ3v) is 6.14. The SMILES string of the molecule is OC1(CNC2CCCc3sc(Cl)cc32)CCCCCC1. The number of aryl methyl sites for hydroxylation is 1. The zero-order chi connectivity index (χ0) is 14.0. The highest BCUT2D eigenvalue weighted by Gasteiger charge is 2.30. The molecule has 2 N–H and O–H groups in total. The monoisotopic (exact) mass is 313 g/mol. The number of nitrogens with one attached hydrogen (secondary N) is 1. The molecule has 2 nitrogen and oxygen atoms in total. The summed E-state index contributed by atoms with van der Waals surface area (Å²) < 4.78 is 0.900. The standard InChI is InChI=1S/C16H24ClNOS/c17-15-10-12-13(6-5-7-14(12)20-15)18-11-16(19)8-3-1-2-4-9-16/h10,13,18-19H,1-9,11H2. The Morgan fingerprint density at radius 3 is 2.75 bits per heavy atom. The summed E-state index contributed by atoms with van der Waals surface area (Å²) in [5.74, 6) is 0. The van der Waals surface area contributed by atoms with Gasteiger partial charge in [-0.3, -0.25) is 0 Å². The minimum atomic E-state index is -0.492. The van der Waals surface area contributed by atoms with E-state index >= 15 is 0 Å². The predicted molar refractivity (Wildman–Crippen MR) is 85.7 cm³/mol. The van der Waals surface area contributed by atoms with Crippen molar-refractivity contribution in [1.29, 1.82) is 0 Å². The lowest BCUT2D eigenvalue weighted by Crippen LogP contribution is -2.42. The van der Waals surface area contributed by atoms with E-state index in [0.29, 0.717) is 6.04 Å². The molecule has 2 aliphatic carbocycles. The van der Waals surface area contributed by atoms with Crippen LogP contribution >= 0.6 is 22.9 Å². The maximum Gasteiger partial charge on any atom is 0.0934 e. The van der Waals surface area contributed by atoms with Crippen LogP contribution in [-0.4, -0.2) is 17.3 Å². The quantitative estimate of drug-likeness (QED) is 0.808. The second-order valence-electron chi connectivity index (χ2n) is 6.39. The lowest BCUT2D eigenvalue weighted by atomic mass is 9.91. The largest absolute Gasteiger partial charge is 0.389 e. The number of halogens is 1. The first-order chi connectivity index (χ1) is 9.66. The average Bonchev–Trinajstić information content (AvgIpc) is 2.67. The number of hydrogen-bond donors (Lipinski definition) is 2. The van der Waals surface area contributed by atoms with Gasteiger partial charge in [0.1, 0.15) is 0 Å². The summed E-state index contributed by atoms with van der Waals surface area (Å²) in [4.78, 5) is 1.44. The van der Waals surface area contributed by atoms with E-state index in [9.17, 15) is 5.11 Å². The lowest BCUT2D eigenvalue weighted by Gasteiger charge is -2.31. The number of hydrogen-bond acceptors (Lipinski definition) is 3. The molecular formula is C16H24ClNOS. The Hall–Kier alpha value is -0.0900. The van der Waals surface area contributed by atoms with Crippen molar-refractivity contribution in [2.45, 2.75) is 69.4 Å². The Balaban J connectivity index is 1.63. The number of thiophene rings is 1. The topological polar surface area (TPSA) is 32.3 Å². The third kappa shape index (κ3) is 3.38. The van der Waals surface area contributed by atoms with E-state index in [2.05, 4.69) is 11.4 Å². The van der Waals surface area contributed by atoms with Crippen LogP contribution in [0.4, 0.5) is 0 Å². The van der Waals surface area contributed by atoms with Crippen molar-refractivity contribution in [1.82, 2.24) is 5.32 Å². The van der Waals surface area contributed by atoms with Crippen molar-refractivity contribution in [3.63, 3.8) is 0 Å². The molecule has 1 saturated carbocycles. The summed E-state index contributed by atoms with van der Waals surface area (Å²) in [6, 6.07) is 2.50. The zero-order valence-electron chi connectivity index (χ0n) is 12.0. The second-order valence-corrected chi connectivity index (χ2v) is 8.16. The molecule has 2 aliphatic rings. The number of fused-ring (bicyclic) bond motifs is 1. The summed E-state index contributed by atoms with van der Waals surface area (Å²) >= 11 is 7.88. The van der Waals surface area contributed by atoms with Crippen LogP contribution in [0, 0.1) is 0 Å². The fraction of sp³-hybridized carbons (Fsp3) is 0.750. The van der Waals surface area contributed by atoms with Crippen LogP contribution in [0.5, 0.6) is 0 Å². The first-order valence-corrected chi connectivity index (χ1v) is 9.10. The maximum absolute atomic E-state index is 10.7. The second kappa shape index (κ2) is 6.35. The summed E-state index contributed by atoms with van der Waals surface area (Å²) in [5.41, 5.74) is 0.886. The molecule has 1 fully saturated rings. The molecule has 0 spiro atoms. The minimum absolute atomic E-state index is 0.384. The zero-order valence-corrected chi connectivity index (χ0v) is 13.5. The Morgan fingerprint density at radius 1 is 1.25 bits per heavy atom. The van der Waals surface area contributed by atoms with E-state index in [-0.39, 0.29) is 0 Å². The Bertz CT molecular complexity index is 451. The van der Waals surface area contributed by atoms with Crippen molar-refractivity contribution >= 4 is 22.9 Å². The molecule has 1 heterocycles. The molecule has 0 bridgehead atoms. The van der Waals surface area contributed by atoms with Crippen molar-refractivity contribution in [2.24, 2.45) is 0 Å². The highest BCUT2D eigenvalue weighted by atomic mass is 35.5. The number of aliphatic hydroxyl groups is 1. The van der Waals surface area contributed by atoms with Crippen LogP contribution in [0.2, 0.25) is 4.34 Å². The van der Waals surface area contributed by atoms with Crippen LogP contribution in [-0.2, 0) is 6.42 Å². The van der Waals surface area contributed by atoms with E-state index in [0.717, 1.165) is 36.6 Å². The molecule has 0 aliphatic heterocycles. The van der Waals surface area contributed by atoms with E-state index in [1.807, 2.05) is 0 Å². The molecule has 1 aromatic heterocycles. The van der Waals surface area contributed by atoms with Gasteiger partial charge in [-0.05, 0) is 43.7 Å². The van der Waals surface area contributed by atoms with Crippen LogP contribution in [0.25, 0.3) is 0 Å². The van der Waals surface area contributed by atoms with E-state index in [1.165, 1.54) is 42.5 Å². The summed E-state index contributed by atoms with van der Waals surface area (Å²) in [5, 5.41) is 14.4. The molecule has 1 aromatic rings. The lowest BCUT2D eigenvalue weighted by molar-refractivity contribution is 0.0222. The fourth-order valence-electron chi connectivity index (χ4n) is 3.61. The molecule has 0 amide bonds. The van der Waals surface area contributed by atoms with Gasteiger partial charge < -0.3 is 10.4 Å². The van der Waals surface area contributed by atoms with Gasteiger partial charge in [-0.1, -0.05) is 37.3 Å². The van der Waals surface area contributed by atoms with Gasteiger partial charge in [-0.15, -0.1) is 11.3 Å². The van der Waals surface area contributed by atoms with Crippen molar-refractivity contribution in [3.05, 3.63) is 20.8 Å². The Labute approximate surface area is 130 Å². The van der Waals surface area contributed by atoms with Crippen molar-refractivity contribution in [3.8, 4) is 0 Å². The fourth-order valence-corrected chi connectivity index (χ4v) is 4.99. The normalized spacial score (nSPS) is 26.0. The maximum atomic E-state index is 10.7. The molecule has 0 saturated heterocycles. The molecular weight excluding hydrogens is 290 g/mol. The molecule has 0 radical (unpaired) electrons. The van der Waals surface area contributed by atoms with Gasteiger partial charge in [-0.25, -0.2) is 0 Å². The average molecular weight is 314 g/mol. The minimum Gasteiger partial charge on any atom is -0.389 e. The van der Waals surface area contributed by atoms with Gasteiger partial charge in [0, 0.05) is 17.5 Å². The van der Waals surface area contributed by atoms with Gasteiger partial charge in [0.25, 0.3) is 0 Å². The van der Waals surface area contributed by atoms with Crippen molar-refractivity contribution in [2.75, 3.05) is 6.54 Å². The third-order valence-electron chi connectivity index (χ3n) is 4.80. The summed E-state index contributed by atoms with van der Waals surface area (Å²) in [6.07, 6.45) is 10.3. The van der Waals surface area contributed by atoms with Crippen LogP contribution in [0.15, 0.2) is 6.07 Å². The molecule has 3 rings (SSSR count). The van der Waals surface area contributed by atoms with E-state index in [4.69, 9.17) is 11.6 Å². The van der Waals surface area contributed by atoms with Crippen molar-refractivity contribution < 1.29 is 5.11 Å².